The average Bonchev–Trinajstić information content (AvgIpc) is 3.22. The van der Waals surface area contributed by atoms with Crippen LogP contribution in [-0.4, -0.2) is 45.4 Å². The lowest BCUT2D eigenvalue weighted by Crippen LogP contribution is -2.39. The van der Waals surface area contributed by atoms with Gasteiger partial charge in [-0.1, -0.05) is 18.2 Å². The number of nitrogens with zero attached hydrogens (tertiary/aromatic N) is 1. The van der Waals surface area contributed by atoms with Crippen LogP contribution in [0.2, 0.25) is 0 Å². The molecule has 1 atom stereocenters. The molecule has 6 heteroatoms. The van der Waals surface area contributed by atoms with E-state index >= 15 is 0 Å². The van der Waals surface area contributed by atoms with Crippen molar-refractivity contribution in [1.82, 2.24) is 10.6 Å². The first-order valence-corrected chi connectivity index (χ1v) is 10.7. The van der Waals surface area contributed by atoms with E-state index in [-0.39, 0.29) is 12.1 Å². The molecule has 30 heavy (non-hydrogen) atoms. The van der Waals surface area contributed by atoms with Gasteiger partial charge in [-0.25, -0.2) is 4.79 Å². The maximum absolute atomic E-state index is 12.1. The van der Waals surface area contributed by atoms with Gasteiger partial charge in [-0.15, -0.1) is 0 Å². The molecule has 0 bridgehead atoms. The molecule has 0 aliphatic carbocycles. The quantitative estimate of drug-likeness (QED) is 0.658. The number of benzene rings is 2. The lowest BCUT2D eigenvalue weighted by Gasteiger charge is -2.19. The lowest BCUT2D eigenvalue weighted by molar-refractivity contribution is 0.239. The fourth-order valence-corrected chi connectivity index (χ4v) is 3.67. The molecule has 0 radical (unpaired) electrons. The van der Waals surface area contributed by atoms with Gasteiger partial charge in [0.05, 0.1) is 13.2 Å². The van der Waals surface area contributed by atoms with Crippen LogP contribution in [0.25, 0.3) is 0 Å². The summed E-state index contributed by atoms with van der Waals surface area (Å²) in [7, 11) is 1.69. The van der Waals surface area contributed by atoms with Crippen molar-refractivity contribution in [2.75, 3.05) is 38.2 Å². The summed E-state index contributed by atoms with van der Waals surface area (Å²) in [5.41, 5.74) is 2.35. The van der Waals surface area contributed by atoms with E-state index in [1.165, 1.54) is 11.3 Å². The van der Waals surface area contributed by atoms with Crippen LogP contribution in [0, 0.1) is 5.92 Å². The number of hydrogen-bond acceptors (Lipinski definition) is 4. The third-order valence-electron chi connectivity index (χ3n) is 5.25. The van der Waals surface area contributed by atoms with Gasteiger partial charge >= 0.3 is 6.03 Å². The van der Waals surface area contributed by atoms with Gasteiger partial charge in [0.25, 0.3) is 0 Å². The van der Waals surface area contributed by atoms with Crippen LogP contribution in [0.5, 0.6) is 11.5 Å². The first-order chi connectivity index (χ1) is 14.5. The molecule has 1 aliphatic rings. The molecule has 0 saturated carbocycles. The van der Waals surface area contributed by atoms with Crippen molar-refractivity contribution in [2.24, 2.45) is 5.92 Å². The molecule has 2 N–H and O–H groups in total. The van der Waals surface area contributed by atoms with E-state index in [0.29, 0.717) is 19.0 Å². The minimum absolute atomic E-state index is 0.102. The average molecular weight is 412 g/mol. The van der Waals surface area contributed by atoms with Crippen LogP contribution in [-0.2, 0) is 6.42 Å². The highest BCUT2D eigenvalue weighted by Gasteiger charge is 2.23. The monoisotopic (exact) mass is 411 g/mol. The van der Waals surface area contributed by atoms with E-state index in [2.05, 4.69) is 27.7 Å². The molecule has 2 aromatic rings. The van der Waals surface area contributed by atoms with Crippen molar-refractivity contribution in [2.45, 2.75) is 32.8 Å². The number of ether oxygens (including phenoxy) is 2. The molecule has 2 aromatic carbocycles. The predicted molar refractivity (Wildman–Crippen MR) is 121 cm³/mol. The van der Waals surface area contributed by atoms with Crippen molar-refractivity contribution in [3.63, 3.8) is 0 Å². The third kappa shape index (κ3) is 6.58. The second kappa shape index (κ2) is 10.8. The second-order valence-electron chi connectivity index (χ2n) is 8.00. The summed E-state index contributed by atoms with van der Waals surface area (Å²) in [4.78, 5) is 14.5. The molecular weight excluding hydrogens is 378 g/mol. The molecule has 162 valence electrons. The highest BCUT2D eigenvalue weighted by molar-refractivity contribution is 5.73. The fourth-order valence-electron chi connectivity index (χ4n) is 3.67. The molecule has 1 heterocycles. The number of methoxy groups -OCH3 is 1. The van der Waals surface area contributed by atoms with Crippen molar-refractivity contribution < 1.29 is 14.3 Å². The summed E-state index contributed by atoms with van der Waals surface area (Å²) in [5.74, 6) is 2.20. The van der Waals surface area contributed by atoms with Crippen LogP contribution in [0.3, 0.4) is 0 Å². The smallest absolute Gasteiger partial charge is 0.314 e. The Balaban J connectivity index is 1.34. The van der Waals surface area contributed by atoms with Gasteiger partial charge < -0.3 is 25.0 Å². The minimum Gasteiger partial charge on any atom is -0.497 e. The largest absolute Gasteiger partial charge is 0.497 e. The number of nitrogens with one attached hydrogen (secondary N) is 2. The second-order valence-corrected chi connectivity index (χ2v) is 8.00. The standard InChI is InChI=1S/C24H33N3O3/c1-18(2)30-22-9-7-19(8-10-22)11-13-25-24(28)26-16-20-12-14-27(17-20)21-5-4-6-23(15-21)29-3/h4-10,15,18,20H,11-14,16-17H2,1-3H3,(H2,25,26,28). The van der Waals surface area contributed by atoms with E-state index in [0.717, 1.165) is 37.4 Å². The molecule has 0 spiro atoms. The van der Waals surface area contributed by atoms with Crippen molar-refractivity contribution >= 4 is 11.7 Å². The van der Waals surface area contributed by atoms with Crippen LogP contribution in [0.15, 0.2) is 48.5 Å². The highest BCUT2D eigenvalue weighted by atomic mass is 16.5. The Morgan fingerprint density at radius 1 is 1.13 bits per heavy atom. The number of anilines is 1. The van der Waals surface area contributed by atoms with Crippen LogP contribution >= 0.6 is 0 Å². The Morgan fingerprint density at radius 2 is 1.93 bits per heavy atom. The van der Waals surface area contributed by atoms with Gasteiger partial charge in [-0.2, -0.15) is 0 Å². The zero-order chi connectivity index (χ0) is 21.3. The molecule has 1 fully saturated rings. The van der Waals surface area contributed by atoms with Gasteiger partial charge in [0.1, 0.15) is 11.5 Å². The summed E-state index contributed by atoms with van der Waals surface area (Å²) in [5, 5.41) is 5.96. The van der Waals surface area contributed by atoms with Gasteiger partial charge in [-0.05, 0) is 62.4 Å². The number of carbonyl (C=O) groups is 1. The van der Waals surface area contributed by atoms with Crippen molar-refractivity contribution in [3.8, 4) is 11.5 Å². The minimum atomic E-state index is -0.102. The van der Waals surface area contributed by atoms with Crippen LogP contribution in [0.1, 0.15) is 25.8 Å². The number of urea groups is 1. The molecule has 6 nitrogen and oxygen atoms in total. The first kappa shape index (κ1) is 21.8. The van der Waals surface area contributed by atoms with Gasteiger partial charge in [0.15, 0.2) is 0 Å². The number of amides is 2. The van der Waals surface area contributed by atoms with Gasteiger partial charge in [-0.3, -0.25) is 0 Å². The van der Waals surface area contributed by atoms with Gasteiger partial charge in [0.2, 0.25) is 0 Å². The molecule has 0 aromatic heterocycles. The summed E-state index contributed by atoms with van der Waals surface area (Å²) >= 11 is 0. The normalized spacial score (nSPS) is 15.9. The van der Waals surface area contributed by atoms with Crippen LogP contribution < -0.4 is 25.0 Å². The van der Waals surface area contributed by atoms with Crippen molar-refractivity contribution in [3.05, 3.63) is 54.1 Å². The maximum atomic E-state index is 12.1. The number of carbonyl (C=O) groups excluding carboxylic acids is 1. The Morgan fingerprint density at radius 3 is 2.67 bits per heavy atom. The molecule has 1 saturated heterocycles. The highest BCUT2D eigenvalue weighted by Crippen LogP contribution is 2.26. The van der Waals surface area contributed by atoms with E-state index in [1.54, 1.807) is 7.11 Å². The molecular formula is C24H33N3O3. The summed E-state index contributed by atoms with van der Waals surface area (Å²) in [6, 6.07) is 16.1. The molecule has 1 unspecified atom stereocenters. The topological polar surface area (TPSA) is 62.8 Å². The van der Waals surface area contributed by atoms with Crippen LogP contribution in [0.4, 0.5) is 10.5 Å². The van der Waals surface area contributed by atoms with Gasteiger partial charge in [0, 0.05) is 37.9 Å². The number of rotatable bonds is 9. The summed E-state index contributed by atoms with van der Waals surface area (Å²) in [6.45, 7) is 7.26. The van der Waals surface area contributed by atoms with E-state index in [4.69, 9.17) is 9.47 Å². The predicted octanol–water partition coefficient (Wildman–Crippen LogP) is 3.85. The molecule has 2 amide bonds. The summed E-state index contributed by atoms with van der Waals surface area (Å²) < 4.78 is 11.0. The first-order valence-electron chi connectivity index (χ1n) is 10.7. The fraction of sp³-hybridized carbons (Fsp3) is 0.458. The Bertz CT molecular complexity index is 808. The lowest BCUT2D eigenvalue weighted by atomic mass is 10.1. The van der Waals surface area contributed by atoms with Crippen molar-refractivity contribution in [1.29, 1.82) is 0 Å². The Hall–Kier alpha value is -2.89. The zero-order valence-corrected chi connectivity index (χ0v) is 18.2. The zero-order valence-electron chi connectivity index (χ0n) is 18.2. The Kier molecular flexibility index (Phi) is 7.82. The molecule has 1 aliphatic heterocycles. The van der Waals surface area contributed by atoms with E-state index < -0.39 is 0 Å². The molecule has 3 rings (SSSR count). The maximum Gasteiger partial charge on any atom is 0.314 e. The number of hydrogen-bond donors (Lipinski definition) is 2. The Labute approximate surface area is 179 Å². The van der Waals surface area contributed by atoms with E-state index in [9.17, 15) is 4.79 Å². The SMILES string of the molecule is COc1cccc(N2CCC(CNC(=O)NCCc3ccc(OC(C)C)cc3)C2)c1. The summed E-state index contributed by atoms with van der Waals surface area (Å²) in [6.07, 6.45) is 2.04. The third-order valence-corrected chi connectivity index (χ3v) is 5.25. The van der Waals surface area contributed by atoms with E-state index in [1.807, 2.05) is 50.2 Å².